The van der Waals surface area contributed by atoms with E-state index in [0.29, 0.717) is 0 Å². The molecule has 2 amide bonds. The number of nitrogens with zero attached hydrogens (tertiary/aromatic N) is 3. The quantitative estimate of drug-likeness (QED) is 0.215. The van der Waals surface area contributed by atoms with Gasteiger partial charge in [0, 0.05) is 17.1 Å². The summed E-state index contributed by atoms with van der Waals surface area (Å²) >= 11 is 0.725. The summed E-state index contributed by atoms with van der Waals surface area (Å²) in [4.78, 5) is 29.1. The van der Waals surface area contributed by atoms with E-state index in [4.69, 9.17) is 14.9 Å². The number of anilines is 1. The first-order chi connectivity index (χ1) is 19.0. The van der Waals surface area contributed by atoms with Gasteiger partial charge in [-0.05, 0) is 42.5 Å². The van der Waals surface area contributed by atoms with Gasteiger partial charge in [0.15, 0.2) is 12.4 Å². The van der Waals surface area contributed by atoms with E-state index < -0.39 is 35.7 Å². The lowest BCUT2D eigenvalue weighted by Gasteiger charge is -2.10. The standard InChI is InChI=1S/C25H16F5N5O4S/c26-21(27)16-10-14(17-5-2-8-38-17)18-19(20(22(31)36)40-24(18)32-16)33-23(37)15-6-7-35(34-15)11-39-13-4-1-3-12(9-13)25(28,29)30/h1-10,21H,11H2,(H2,31,36)(H,33,37). The highest BCUT2D eigenvalue weighted by Gasteiger charge is 2.31. The number of carbonyl (C=O) groups excluding carboxylic acids is 2. The fraction of sp³-hybridized carbons (Fsp3) is 0.120. The summed E-state index contributed by atoms with van der Waals surface area (Å²) in [5.41, 5.74) is 4.02. The van der Waals surface area contributed by atoms with Crippen LogP contribution < -0.4 is 15.8 Å². The molecule has 0 unspecified atom stereocenters. The van der Waals surface area contributed by atoms with Gasteiger partial charge in [0.2, 0.25) is 0 Å². The molecule has 0 aliphatic carbocycles. The molecule has 40 heavy (non-hydrogen) atoms. The molecule has 0 saturated carbocycles. The maximum atomic E-state index is 13.5. The minimum atomic E-state index is -4.54. The number of halogens is 5. The van der Waals surface area contributed by atoms with Crippen LogP contribution in [0.5, 0.6) is 5.75 Å². The first kappa shape index (κ1) is 26.8. The SMILES string of the molecule is NC(=O)c1sc2nc(C(F)F)cc(-c3ccco3)c2c1NC(=O)c1ccn(COc2cccc(C(F)(F)F)c2)n1. The zero-order chi connectivity index (χ0) is 28.6. The first-order valence-electron chi connectivity index (χ1n) is 11.3. The van der Waals surface area contributed by atoms with Gasteiger partial charge in [-0.2, -0.15) is 18.3 Å². The number of primary amides is 1. The summed E-state index contributed by atoms with van der Waals surface area (Å²) in [6.45, 7) is -0.314. The minimum Gasteiger partial charge on any atom is -0.471 e. The number of carbonyl (C=O) groups is 2. The molecular weight excluding hydrogens is 561 g/mol. The molecule has 15 heteroatoms. The average Bonchev–Trinajstić information content (AvgIpc) is 3.67. The number of aromatic nitrogens is 3. The normalized spacial score (nSPS) is 11.8. The number of pyridine rings is 1. The lowest BCUT2D eigenvalue weighted by atomic mass is 10.1. The Morgan fingerprint density at radius 2 is 1.95 bits per heavy atom. The molecule has 5 rings (SSSR count). The minimum absolute atomic E-state index is 0.0216. The number of rotatable bonds is 8. The van der Waals surface area contributed by atoms with Crippen molar-refractivity contribution >= 4 is 39.1 Å². The smallest absolute Gasteiger partial charge is 0.416 e. The Kier molecular flexibility index (Phi) is 6.97. The zero-order valence-corrected chi connectivity index (χ0v) is 20.7. The van der Waals surface area contributed by atoms with Crippen molar-refractivity contribution in [2.45, 2.75) is 19.3 Å². The molecule has 3 N–H and O–H groups in total. The molecule has 5 aromatic rings. The number of hydrogen-bond donors (Lipinski definition) is 2. The zero-order valence-electron chi connectivity index (χ0n) is 19.9. The maximum absolute atomic E-state index is 13.5. The topological polar surface area (TPSA) is 125 Å². The number of hydrogen-bond acceptors (Lipinski definition) is 7. The summed E-state index contributed by atoms with van der Waals surface area (Å²) in [5, 5.41) is 6.77. The van der Waals surface area contributed by atoms with E-state index in [-0.39, 0.29) is 50.3 Å². The van der Waals surface area contributed by atoms with Crippen molar-refractivity contribution in [2.75, 3.05) is 5.32 Å². The van der Waals surface area contributed by atoms with Crippen LogP contribution in [-0.2, 0) is 12.9 Å². The predicted molar refractivity (Wildman–Crippen MR) is 133 cm³/mol. The predicted octanol–water partition coefficient (Wildman–Crippen LogP) is 6.10. The maximum Gasteiger partial charge on any atom is 0.416 e. The van der Waals surface area contributed by atoms with Gasteiger partial charge in [-0.1, -0.05) is 6.07 Å². The van der Waals surface area contributed by atoms with Gasteiger partial charge in [0.1, 0.15) is 26.9 Å². The van der Waals surface area contributed by atoms with Gasteiger partial charge in [-0.25, -0.2) is 18.4 Å². The Morgan fingerprint density at radius 3 is 2.62 bits per heavy atom. The molecule has 4 heterocycles. The van der Waals surface area contributed by atoms with E-state index in [1.807, 2.05) is 0 Å². The van der Waals surface area contributed by atoms with E-state index in [1.54, 1.807) is 0 Å². The van der Waals surface area contributed by atoms with Crippen molar-refractivity contribution in [2.24, 2.45) is 5.73 Å². The summed E-state index contributed by atoms with van der Waals surface area (Å²) in [6, 6.07) is 9.72. The Balaban J connectivity index is 1.43. The van der Waals surface area contributed by atoms with Crippen molar-refractivity contribution in [3.05, 3.63) is 82.8 Å². The molecule has 4 aromatic heterocycles. The lowest BCUT2D eigenvalue weighted by Crippen LogP contribution is -2.18. The van der Waals surface area contributed by atoms with Crippen LogP contribution in [0.25, 0.3) is 21.5 Å². The van der Waals surface area contributed by atoms with Gasteiger partial charge in [0.25, 0.3) is 18.2 Å². The molecule has 1 aromatic carbocycles. The molecule has 9 nitrogen and oxygen atoms in total. The molecule has 0 fully saturated rings. The van der Waals surface area contributed by atoms with E-state index >= 15 is 0 Å². The van der Waals surface area contributed by atoms with Crippen LogP contribution in [-0.4, -0.2) is 26.6 Å². The lowest BCUT2D eigenvalue weighted by molar-refractivity contribution is -0.137. The Morgan fingerprint density at radius 1 is 1.15 bits per heavy atom. The van der Waals surface area contributed by atoms with Crippen LogP contribution in [0.15, 0.2) is 65.4 Å². The summed E-state index contributed by atoms with van der Waals surface area (Å²) in [7, 11) is 0. The number of fused-ring (bicyclic) bond motifs is 1. The third-order valence-electron chi connectivity index (χ3n) is 5.55. The number of nitrogens with two attached hydrogens (primary N) is 1. The van der Waals surface area contributed by atoms with Gasteiger partial charge >= 0.3 is 6.18 Å². The number of thiophene rings is 1. The third-order valence-corrected chi connectivity index (χ3v) is 6.65. The van der Waals surface area contributed by atoms with E-state index in [2.05, 4.69) is 15.4 Å². The second-order valence-electron chi connectivity index (χ2n) is 8.22. The fourth-order valence-corrected chi connectivity index (χ4v) is 4.80. The van der Waals surface area contributed by atoms with E-state index in [9.17, 15) is 31.5 Å². The van der Waals surface area contributed by atoms with Crippen LogP contribution in [0.4, 0.5) is 27.6 Å². The summed E-state index contributed by atoms with van der Waals surface area (Å²) in [5.74, 6) is -1.59. The Labute approximate surface area is 225 Å². The van der Waals surface area contributed by atoms with Crippen LogP contribution >= 0.6 is 11.3 Å². The molecule has 0 aliphatic rings. The monoisotopic (exact) mass is 577 g/mol. The van der Waals surface area contributed by atoms with Gasteiger partial charge < -0.3 is 20.2 Å². The molecule has 0 aliphatic heterocycles. The molecule has 0 radical (unpaired) electrons. The number of furan rings is 1. The number of benzene rings is 1. The number of alkyl halides is 5. The van der Waals surface area contributed by atoms with Crippen LogP contribution in [0.1, 0.15) is 37.8 Å². The summed E-state index contributed by atoms with van der Waals surface area (Å²) in [6.07, 6.45) is -4.78. The van der Waals surface area contributed by atoms with Crippen molar-refractivity contribution in [3.63, 3.8) is 0 Å². The molecule has 206 valence electrons. The van der Waals surface area contributed by atoms with Crippen LogP contribution in [0.3, 0.4) is 0 Å². The number of nitrogens with one attached hydrogen (secondary N) is 1. The van der Waals surface area contributed by atoms with Gasteiger partial charge in [0.05, 0.1) is 17.5 Å². The second-order valence-corrected chi connectivity index (χ2v) is 9.22. The molecule has 0 saturated heterocycles. The summed E-state index contributed by atoms with van der Waals surface area (Å²) < 4.78 is 77.8. The molecular formula is C25H16F5N5O4S. The Hall–Kier alpha value is -4.79. The van der Waals surface area contributed by atoms with Gasteiger partial charge in [-0.15, -0.1) is 11.3 Å². The molecule has 0 atom stereocenters. The van der Waals surface area contributed by atoms with E-state index in [0.717, 1.165) is 29.5 Å². The van der Waals surface area contributed by atoms with Crippen molar-refractivity contribution < 1.29 is 40.7 Å². The van der Waals surface area contributed by atoms with Crippen molar-refractivity contribution in [3.8, 4) is 17.1 Å². The number of ether oxygens (including phenoxy) is 1. The number of amides is 2. The van der Waals surface area contributed by atoms with Crippen LogP contribution in [0, 0.1) is 0 Å². The highest BCUT2D eigenvalue weighted by molar-refractivity contribution is 7.21. The average molecular weight is 577 g/mol. The largest absolute Gasteiger partial charge is 0.471 e. The van der Waals surface area contributed by atoms with Gasteiger partial charge in [-0.3, -0.25) is 9.59 Å². The molecule has 0 bridgehead atoms. The molecule has 0 spiro atoms. The highest BCUT2D eigenvalue weighted by atomic mass is 32.1. The Bertz CT molecular complexity index is 1710. The first-order valence-corrected chi connectivity index (χ1v) is 12.1. The van der Waals surface area contributed by atoms with E-state index in [1.165, 1.54) is 47.5 Å². The second kappa shape index (κ2) is 10.4. The highest BCUT2D eigenvalue weighted by Crippen LogP contribution is 2.42. The van der Waals surface area contributed by atoms with Crippen molar-refractivity contribution in [1.29, 1.82) is 0 Å². The third kappa shape index (κ3) is 5.36. The van der Waals surface area contributed by atoms with Crippen LogP contribution in [0.2, 0.25) is 0 Å². The fourth-order valence-electron chi connectivity index (χ4n) is 3.78. The van der Waals surface area contributed by atoms with Crippen molar-refractivity contribution in [1.82, 2.24) is 14.8 Å².